The van der Waals surface area contributed by atoms with E-state index in [9.17, 15) is 4.79 Å². The van der Waals surface area contributed by atoms with Crippen LogP contribution in [0.5, 0.6) is 0 Å². The highest BCUT2D eigenvalue weighted by atomic mass is 35.5. The Kier molecular flexibility index (Phi) is 5.70. The van der Waals surface area contributed by atoms with Crippen LogP contribution in [0.3, 0.4) is 0 Å². The van der Waals surface area contributed by atoms with Crippen molar-refractivity contribution in [1.29, 1.82) is 0 Å². The maximum atomic E-state index is 11.8. The molecule has 1 unspecified atom stereocenters. The molecule has 0 spiro atoms. The van der Waals surface area contributed by atoms with Gasteiger partial charge in [-0.3, -0.25) is 4.79 Å². The fourth-order valence-electron chi connectivity index (χ4n) is 1.30. The number of carbonyl (C=O) groups excluding carboxylic acids is 1. The molecule has 1 aromatic carbocycles. The molecule has 0 saturated carbocycles. The number of hydrogen-bond donors (Lipinski definition) is 2. The predicted molar refractivity (Wildman–Crippen MR) is 72.6 cm³/mol. The molecule has 1 atom stereocenters. The Bertz CT molecular complexity index is 488. The first kappa shape index (κ1) is 14.6. The number of aliphatic hydroxyl groups is 1. The molecule has 0 aliphatic rings. The van der Waals surface area contributed by atoms with Gasteiger partial charge in [-0.1, -0.05) is 30.4 Å². The third-order valence-corrected chi connectivity index (χ3v) is 2.84. The van der Waals surface area contributed by atoms with Gasteiger partial charge in [0.15, 0.2) is 0 Å². The number of amides is 1. The van der Waals surface area contributed by atoms with Crippen LogP contribution in [-0.2, 0) is 0 Å². The number of aliphatic hydroxyl groups excluding tert-OH is 1. The van der Waals surface area contributed by atoms with E-state index in [-0.39, 0.29) is 18.6 Å². The lowest BCUT2D eigenvalue weighted by atomic mass is 10.1. The molecule has 0 radical (unpaired) electrons. The van der Waals surface area contributed by atoms with Crippen molar-refractivity contribution >= 4 is 17.5 Å². The average molecular weight is 266 g/mol. The van der Waals surface area contributed by atoms with E-state index in [4.69, 9.17) is 16.7 Å². The van der Waals surface area contributed by atoms with E-state index in [2.05, 4.69) is 17.2 Å². The van der Waals surface area contributed by atoms with Crippen molar-refractivity contribution in [3.05, 3.63) is 34.3 Å². The number of halogens is 1. The number of hydrogen-bond acceptors (Lipinski definition) is 2. The van der Waals surface area contributed by atoms with Crippen molar-refractivity contribution in [2.45, 2.75) is 26.3 Å². The maximum absolute atomic E-state index is 11.8. The maximum Gasteiger partial charge on any atom is 0.251 e. The summed E-state index contributed by atoms with van der Waals surface area (Å²) in [5.74, 6) is 5.09. The summed E-state index contributed by atoms with van der Waals surface area (Å²) in [5.41, 5.74) is 1.11. The topological polar surface area (TPSA) is 49.3 Å². The molecule has 0 aromatic heterocycles. The second-order valence-electron chi connectivity index (χ2n) is 3.94. The van der Waals surface area contributed by atoms with E-state index in [0.29, 0.717) is 16.1 Å². The predicted octanol–water partition coefficient (Wildman–Crippen LogP) is 2.21. The molecule has 0 bridgehead atoms. The molecule has 18 heavy (non-hydrogen) atoms. The summed E-state index contributed by atoms with van der Waals surface area (Å²) in [6.45, 7) is 3.73. The quantitative estimate of drug-likeness (QED) is 0.824. The van der Waals surface area contributed by atoms with Gasteiger partial charge in [0.25, 0.3) is 5.91 Å². The second-order valence-corrected chi connectivity index (χ2v) is 4.34. The monoisotopic (exact) mass is 265 g/mol. The third-order valence-electron chi connectivity index (χ3n) is 2.52. The van der Waals surface area contributed by atoms with E-state index in [1.54, 1.807) is 18.2 Å². The fourth-order valence-corrected chi connectivity index (χ4v) is 1.53. The Balaban J connectivity index is 2.87. The summed E-state index contributed by atoms with van der Waals surface area (Å²) in [6.07, 6.45) is 0.875. The summed E-state index contributed by atoms with van der Waals surface area (Å²) < 4.78 is 0. The van der Waals surface area contributed by atoms with Gasteiger partial charge in [0.1, 0.15) is 6.61 Å². The van der Waals surface area contributed by atoms with Crippen LogP contribution in [0.1, 0.15) is 36.2 Å². The van der Waals surface area contributed by atoms with Crippen molar-refractivity contribution in [2.24, 2.45) is 0 Å². The lowest BCUT2D eigenvalue weighted by molar-refractivity contribution is 0.0939. The van der Waals surface area contributed by atoms with Gasteiger partial charge < -0.3 is 10.4 Å². The fraction of sp³-hybridized carbons (Fsp3) is 0.357. The minimum atomic E-state index is -0.216. The zero-order valence-electron chi connectivity index (χ0n) is 10.5. The number of benzene rings is 1. The highest BCUT2D eigenvalue weighted by Crippen LogP contribution is 2.17. The van der Waals surface area contributed by atoms with Crippen molar-refractivity contribution in [1.82, 2.24) is 5.32 Å². The van der Waals surface area contributed by atoms with Gasteiger partial charge in [-0.15, -0.1) is 0 Å². The van der Waals surface area contributed by atoms with E-state index in [1.807, 2.05) is 13.8 Å². The number of nitrogens with one attached hydrogen (secondary N) is 1. The van der Waals surface area contributed by atoms with Gasteiger partial charge in [0, 0.05) is 17.2 Å². The summed E-state index contributed by atoms with van der Waals surface area (Å²) in [5, 5.41) is 11.9. The third kappa shape index (κ3) is 4.06. The second kappa shape index (κ2) is 7.05. The lowest BCUT2D eigenvalue weighted by Gasteiger charge is -2.11. The van der Waals surface area contributed by atoms with Crippen LogP contribution in [-0.4, -0.2) is 23.7 Å². The minimum absolute atomic E-state index is 0.130. The Labute approximate surface area is 112 Å². The number of rotatable bonds is 3. The molecule has 1 aromatic rings. The van der Waals surface area contributed by atoms with Crippen molar-refractivity contribution in [3.8, 4) is 11.8 Å². The first-order valence-corrected chi connectivity index (χ1v) is 6.16. The standard InChI is InChI=1S/C14H16ClNO2/c1-3-10(2)16-14(18)12-7-6-11(5-4-8-17)13(15)9-12/h6-7,9-10,17H,3,8H2,1-2H3,(H,16,18). The zero-order valence-corrected chi connectivity index (χ0v) is 11.2. The molecule has 0 saturated heterocycles. The van der Waals surface area contributed by atoms with E-state index < -0.39 is 0 Å². The van der Waals surface area contributed by atoms with Gasteiger partial charge >= 0.3 is 0 Å². The molecule has 0 fully saturated rings. The molecule has 4 heteroatoms. The van der Waals surface area contributed by atoms with Crippen LogP contribution in [0.15, 0.2) is 18.2 Å². The molecule has 96 valence electrons. The Hall–Kier alpha value is -1.50. The van der Waals surface area contributed by atoms with Crippen LogP contribution < -0.4 is 5.32 Å². The first-order chi connectivity index (χ1) is 8.58. The average Bonchev–Trinajstić information content (AvgIpc) is 2.37. The normalized spacial score (nSPS) is 11.3. The van der Waals surface area contributed by atoms with Gasteiger partial charge in [-0.05, 0) is 31.5 Å². The molecule has 1 amide bonds. The molecular weight excluding hydrogens is 250 g/mol. The molecule has 0 aliphatic heterocycles. The van der Waals surface area contributed by atoms with Crippen LogP contribution >= 0.6 is 11.6 Å². The summed E-state index contributed by atoms with van der Waals surface area (Å²) in [7, 11) is 0. The molecule has 1 rings (SSSR count). The lowest BCUT2D eigenvalue weighted by Crippen LogP contribution is -2.31. The molecule has 3 nitrogen and oxygen atoms in total. The first-order valence-electron chi connectivity index (χ1n) is 5.78. The summed E-state index contributed by atoms with van der Waals surface area (Å²) >= 11 is 6.02. The van der Waals surface area contributed by atoms with Crippen molar-refractivity contribution in [3.63, 3.8) is 0 Å². The van der Waals surface area contributed by atoms with Crippen LogP contribution in [0, 0.1) is 11.8 Å². The molecule has 0 aliphatic carbocycles. The van der Waals surface area contributed by atoms with E-state index >= 15 is 0 Å². The largest absolute Gasteiger partial charge is 0.384 e. The highest BCUT2D eigenvalue weighted by Gasteiger charge is 2.09. The Morgan fingerprint density at radius 1 is 1.56 bits per heavy atom. The zero-order chi connectivity index (χ0) is 13.5. The van der Waals surface area contributed by atoms with Crippen LogP contribution in [0.4, 0.5) is 0 Å². The summed E-state index contributed by atoms with van der Waals surface area (Å²) in [6, 6.07) is 5.06. The Morgan fingerprint density at radius 3 is 2.83 bits per heavy atom. The minimum Gasteiger partial charge on any atom is -0.384 e. The van der Waals surface area contributed by atoms with Crippen LogP contribution in [0.25, 0.3) is 0 Å². The smallest absolute Gasteiger partial charge is 0.251 e. The van der Waals surface area contributed by atoms with Gasteiger partial charge in [-0.2, -0.15) is 0 Å². The molecule has 0 heterocycles. The van der Waals surface area contributed by atoms with Crippen molar-refractivity contribution < 1.29 is 9.90 Å². The van der Waals surface area contributed by atoms with Crippen molar-refractivity contribution in [2.75, 3.05) is 6.61 Å². The van der Waals surface area contributed by atoms with Crippen LogP contribution in [0.2, 0.25) is 5.02 Å². The Morgan fingerprint density at radius 2 is 2.28 bits per heavy atom. The summed E-state index contributed by atoms with van der Waals surface area (Å²) in [4.78, 5) is 11.8. The van der Waals surface area contributed by atoms with Gasteiger partial charge in [-0.25, -0.2) is 0 Å². The molecular formula is C14H16ClNO2. The SMILES string of the molecule is CCC(C)NC(=O)c1ccc(C#CCO)c(Cl)c1. The van der Waals surface area contributed by atoms with E-state index in [0.717, 1.165) is 6.42 Å². The highest BCUT2D eigenvalue weighted by molar-refractivity contribution is 6.32. The van der Waals surface area contributed by atoms with Gasteiger partial charge in [0.2, 0.25) is 0 Å². The molecule has 2 N–H and O–H groups in total. The van der Waals surface area contributed by atoms with E-state index in [1.165, 1.54) is 0 Å². The van der Waals surface area contributed by atoms with Gasteiger partial charge in [0.05, 0.1) is 5.02 Å². The number of carbonyl (C=O) groups is 1.